The number of hydrogen-bond acceptors (Lipinski definition) is 2. The standard InChI is InChI=1S/C22H16BrClN2O2/c1-13-6-9-18(17(23)10-13)25-21(27)12-26-19-5-3-2-4-15(19)22(28)16-8-7-14(24)11-20(16)26/h2-11H,12H2,1H3,(H,25,27). The molecule has 0 aliphatic heterocycles. The summed E-state index contributed by atoms with van der Waals surface area (Å²) in [6.07, 6.45) is 0. The number of aryl methyl sites for hydroxylation is 1. The van der Waals surface area contributed by atoms with Gasteiger partial charge in [-0.2, -0.15) is 0 Å². The van der Waals surface area contributed by atoms with Crippen molar-refractivity contribution in [2.75, 3.05) is 5.32 Å². The summed E-state index contributed by atoms with van der Waals surface area (Å²) in [7, 11) is 0. The van der Waals surface area contributed by atoms with Crippen LogP contribution in [0.25, 0.3) is 21.8 Å². The summed E-state index contributed by atoms with van der Waals surface area (Å²) in [5.74, 6) is -0.195. The van der Waals surface area contributed by atoms with Gasteiger partial charge in [0.05, 0.1) is 16.7 Å². The first kappa shape index (κ1) is 18.7. The van der Waals surface area contributed by atoms with E-state index in [1.165, 1.54) is 0 Å². The zero-order valence-electron chi connectivity index (χ0n) is 15.0. The Kier molecular flexibility index (Phi) is 4.96. The van der Waals surface area contributed by atoms with Gasteiger partial charge < -0.3 is 9.88 Å². The van der Waals surface area contributed by atoms with E-state index >= 15 is 0 Å². The molecule has 0 spiro atoms. The van der Waals surface area contributed by atoms with E-state index in [4.69, 9.17) is 11.6 Å². The molecule has 140 valence electrons. The Labute approximate surface area is 174 Å². The summed E-state index contributed by atoms with van der Waals surface area (Å²) >= 11 is 9.65. The number of para-hydroxylation sites is 1. The zero-order valence-corrected chi connectivity index (χ0v) is 17.3. The van der Waals surface area contributed by atoms with E-state index in [-0.39, 0.29) is 17.9 Å². The molecule has 4 rings (SSSR count). The minimum atomic E-state index is -0.195. The fourth-order valence-electron chi connectivity index (χ4n) is 3.32. The van der Waals surface area contributed by atoms with Crippen molar-refractivity contribution in [1.29, 1.82) is 0 Å². The van der Waals surface area contributed by atoms with Crippen LogP contribution in [0.2, 0.25) is 5.02 Å². The number of nitrogens with zero attached hydrogens (tertiary/aromatic N) is 1. The van der Waals surface area contributed by atoms with Gasteiger partial charge in [0.2, 0.25) is 5.91 Å². The maximum atomic E-state index is 12.8. The first-order valence-electron chi connectivity index (χ1n) is 8.71. The van der Waals surface area contributed by atoms with Gasteiger partial charge in [0, 0.05) is 20.3 Å². The van der Waals surface area contributed by atoms with Crippen LogP contribution in [0.1, 0.15) is 5.56 Å². The van der Waals surface area contributed by atoms with Crippen molar-refractivity contribution >= 4 is 60.9 Å². The van der Waals surface area contributed by atoms with Gasteiger partial charge in [0.25, 0.3) is 0 Å². The summed E-state index contributed by atoms with van der Waals surface area (Å²) in [5.41, 5.74) is 3.05. The van der Waals surface area contributed by atoms with Crippen LogP contribution < -0.4 is 10.7 Å². The first-order chi connectivity index (χ1) is 13.4. The molecule has 0 saturated carbocycles. The second kappa shape index (κ2) is 7.41. The molecule has 0 unspecified atom stereocenters. The lowest BCUT2D eigenvalue weighted by Crippen LogP contribution is -2.21. The van der Waals surface area contributed by atoms with Gasteiger partial charge in [-0.3, -0.25) is 9.59 Å². The lowest BCUT2D eigenvalue weighted by molar-refractivity contribution is -0.116. The Balaban J connectivity index is 1.82. The summed E-state index contributed by atoms with van der Waals surface area (Å²) < 4.78 is 2.65. The smallest absolute Gasteiger partial charge is 0.244 e. The van der Waals surface area contributed by atoms with E-state index in [0.29, 0.717) is 32.5 Å². The number of benzene rings is 3. The van der Waals surface area contributed by atoms with Crippen LogP contribution in [-0.2, 0) is 11.3 Å². The molecular weight excluding hydrogens is 440 g/mol. The number of nitrogens with one attached hydrogen (secondary N) is 1. The number of amides is 1. The van der Waals surface area contributed by atoms with E-state index in [0.717, 1.165) is 10.0 Å². The third kappa shape index (κ3) is 3.43. The minimum absolute atomic E-state index is 0.0535. The summed E-state index contributed by atoms with van der Waals surface area (Å²) in [5, 5.41) is 4.54. The average Bonchev–Trinajstić information content (AvgIpc) is 2.67. The molecule has 4 nitrogen and oxygen atoms in total. The van der Waals surface area contributed by atoms with Gasteiger partial charge in [0.1, 0.15) is 6.54 Å². The monoisotopic (exact) mass is 454 g/mol. The number of rotatable bonds is 3. The van der Waals surface area contributed by atoms with Gasteiger partial charge in [-0.25, -0.2) is 0 Å². The fourth-order valence-corrected chi connectivity index (χ4v) is 4.08. The van der Waals surface area contributed by atoms with Gasteiger partial charge >= 0.3 is 0 Å². The highest BCUT2D eigenvalue weighted by molar-refractivity contribution is 9.10. The SMILES string of the molecule is Cc1ccc(NC(=O)Cn2c3ccccc3c(=O)c3ccc(Cl)cc32)c(Br)c1. The number of hydrogen-bond donors (Lipinski definition) is 1. The zero-order chi connectivity index (χ0) is 19.8. The van der Waals surface area contributed by atoms with Crippen LogP contribution in [0.5, 0.6) is 0 Å². The van der Waals surface area contributed by atoms with Crippen molar-refractivity contribution < 1.29 is 4.79 Å². The molecular formula is C22H16BrClN2O2. The van der Waals surface area contributed by atoms with Crippen LogP contribution in [-0.4, -0.2) is 10.5 Å². The molecule has 0 aliphatic rings. The van der Waals surface area contributed by atoms with Crippen molar-refractivity contribution in [3.05, 3.63) is 85.9 Å². The number of halogens is 2. The predicted octanol–water partition coefficient (Wildman–Crippen LogP) is 5.52. The number of fused-ring (bicyclic) bond motifs is 2. The summed E-state index contributed by atoms with van der Waals surface area (Å²) in [6.45, 7) is 2.04. The average molecular weight is 456 g/mol. The molecule has 0 bridgehead atoms. The number of carbonyl (C=O) groups is 1. The molecule has 1 heterocycles. The molecule has 6 heteroatoms. The number of anilines is 1. The molecule has 1 N–H and O–H groups in total. The van der Waals surface area contributed by atoms with Crippen molar-refractivity contribution in [3.8, 4) is 0 Å². The van der Waals surface area contributed by atoms with Crippen molar-refractivity contribution in [3.63, 3.8) is 0 Å². The Morgan fingerprint density at radius 1 is 1.04 bits per heavy atom. The van der Waals surface area contributed by atoms with E-state index in [1.807, 2.05) is 47.9 Å². The summed E-state index contributed by atoms with van der Waals surface area (Å²) in [6, 6.07) is 18.1. The van der Waals surface area contributed by atoms with Crippen LogP contribution in [0.15, 0.2) is 69.9 Å². The van der Waals surface area contributed by atoms with Crippen molar-refractivity contribution in [2.45, 2.75) is 13.5 Å². The van der Waals surface area contributed by atoms with Gasteiger partial charge in [-0.05, 0) is 70.9 Å². The highest BCUT2D eigenvalue weighted by atomic mass is 79.9. The highest BCUT2D eigenvalue weighted by Gasteiger charge is 2.14. The number of pyridine rings is 1. The molecule has 0 fully saturated rings. The second-order valence-electron chi connectivity index (χ2n) is 6.63. The van der Waals surface area contributed by atoms with E-state index in [9.17, 15) is 9.59 Å². The molecule has 0 aliphatic carbocycles. The topological polar surface area (TPSA) is 51.1 Å². The molecule has 4 aromatic rings. The Morgan fingerprint density at radius 3 is 2.57 bits per heavy atom. The third-order valence-electron chi connectivity index (χ3n) is 4.64. The Bertz CT molecular complexity index is 1300. The molecule has 0 saturated heterocycles. The van der Waals surface area contributed by atoms with Crippen molar-refractivity contribution in [2.24, 2.45) is 0 Å². The lowest BCUT2D eigenvalue weighted by Gasteiger charge is -2.16. The highest BCUT2D eigenvalue weighted by Crippen LogP contribution is 2.25. The second-order valence-corrected chi connectivity index (χ2v) is 7.92. The molecule has 0 atom stereocenters. The molecule has 28 heavy (non-hydrogen) atoms. The third-order valence-corrected chi connectivity index (χ3v) is 5.53. The van der Waals surface area contributed by atoms with E-state index < -0.39 is 0 Å². The number of carbonyl (C=O) groups excluding carboxylic acids is 1. The van der Waals surface area contributed by atoms with Gasteiger partial charge in [-0.15, -0.1) is 0 Å². The largest absolute Gasteiger partial charge is 0.331 e. The van der Waals surface area contributed by atoms with Crippen LogP contribution in [0, 0.1) is 6.92 Å². The summed E-state index contributed by atoms with van der Waals surface area (Å²) in [4.78, 5) is 25.7. The Hall–Kier alpha value is -2.63. The molecule has 1 amide bonds. The normalized spacial score (nSPS) is 11.1. The van der Waals surface area contributed by atoms with Crippen LogP contribution in [0.3, 0.4) is 0 Å². The maximum absolute atomic E-state index is 12.8. The quantitative estimate of drug-likeness (QED) is 0.414. The minimum Gasteiger partial charge on any atom is -0.331 e. The molecule has 3 aromatic carbocycles. The Morgan fingerprint density at radius 2 is 1.79 bits per heavy atom. The van der Waals surface area contributed by atoms with Crippen LogP contribution in [0.4, 0.5) is 5.69 Å². The lowest BCUT2D eigenvalue weighted by atomic mass is 10.1. The first-order valence-corrected chi connectivity index (χ1v) is 9.88. The number of aromatic nitrogens is 1. The van der Waals surface area contributed by atoms with E-state index in [1.54, 1.807) is 24.3 Å². The fraction of sp³-hybridized carbons (Fsp3) is 0.0909. The maximum Gasteiger partial charge on any atom is 0.244 e. The molecule has 0 radical (unpaired) electrons. The van der Waals surface area contributed by atoms with E-state index in [2.05, 4.69) is 21.2 Å². The molecule has 1 aromatic heterocycles. The van der Waals surface area contributed by atoms with Crippen molar-refractivity contribution in [1.82, 2.24) is 4.57 Å². The van der Waals surface area contributed by atoms with Gasteiger partial charge in [-0.1, -0.05) is 29.8 Å². The van der Waals surface area contributed by atoms with Crippen LogP contribution >= 0.6 is 27.5 Å². The van der Waals surface area contributed by atoms with Gasteiger partial charge in [0.15, 0.2) is 5.43 Å². The predicted molar refractivity (Wildman–Crippen MR) is 118 cm³/mol.